The molecule has 4 nitrogen and oxygen atoms in total. The number of rotatable bonds is 6. The summed E-state index contributed by atoms with van der Waals surface area (Å²) in [6.07, 6.45) is 0.541. The third kappa shape index (κ3) is 5.94. The lowest BCUT2D eigenvalue weighted by atomic mass is 10.2. The summed E-state index contributed by atoms with van der Waals surface area (Å²) in [6, 6.07) is 0.557. The molecule has 0 rings (SSSR count). The average molecular weight is 201 g/mol. The maximum absolute atomic E-state index is 11.3. The summed E-state index contributed by atoms with van der Waals surface area (Å²) in [5.74, 6) is 0.107. The largest absolute Gasteiger partial charge is 0.354 e. The molecule has 14 heavy (non-hydrogen) atoms. The minimum Gasteiger partial charge on any atom is -0.354 e. The van der Waals surface area contributed by atoms with Crippen LogP contribution in [-0.2, 0) is 4.79 Å². The highest BCUT2D eigenvalue weighted by Crippen LogP contribution is 1.95. The monoisotopic (exact) mass is 201 g/mol. The Morgan fingerprint density at radius 3 is 2.43 bits per heavy atom. The minimum absolute atomic E-state index is 0.107. The summed E-state index contributed by atoms with van der Waals surface area (Å²) in [5.41, 5.74) is 5.52. The van der Waals surface area contributed by atoms with Crippen molar-refractivity contribution in [2.24, 2.45) is 5.73 Å². The fourth-order valence-electron chi connectivity index (χ4n) is 1.07. The van der Waals surface area contributed by atoms with Crippen molar-refractivity contribution in [3.8, 4) is 0 Å². The van der Waals surface area contributed by atoms with E-state index >= 15 is 0 Å². The lowest BCUT2D eigenvalue weighted by molar-refractivity contribution is -0.121. The topological polar surface area (TPSA) is 58.4 Å². The molecule has 0 spiro atoms. The number of carbonyl (C=O) groups is 1. The summed E-state index contributed by atoms with van der Waals surface area (Å²) < 4.78 is 0. The van der Waals surface area contributed by atoms with Crippen LogP contribution in [0.4, 0.5) is 0 Å². The van der Waals surface area contributed by atoms with Gasteiger partial charge in [-0.15, -0.1) is 0 Å². The van der Waals surface area contributed by atoms with E-state index in [1.54, 1.807) is 0 Å². The summed E-state index contributed by atoms with van der Waals surface area (Å²) in [5, 5.41) is 2.86. The van der Waals surface area contributed by atoms with Gasteiger partial charge in [0.15, 0.2) is 0 Å². The Morgan fingerprint density at radius 1 is 1.43 bits per heavy atom. The van der Waals surface area contributed by atoms with E-state index in [9.17, 15) is 4.79 Å². The van der Waals surface area contributed by atoms with Crippen molar-refractivity contribution < 1.29 is 4.79 Å². The number of amides is 1. The Balaban J connectivity index is 3.66. The molecule has 4 heteroatoms. The first-order chi connectivity index (χ1) is 6.47. The summed E-state index contributed by atoms with van der Waals surface area (Å²) in [7, 11) is 1.99. The van der Waals surface area contributed by atoms with E-state index in [0.717, 1.165) is 6.54 Å². The van der Waals surface area contributed by atoms with Gasteiger partial charge in [0.2, 0.25) is 5.91 Å². The quantitative estimate of drug-likeness (QED) is 0.644. The Morgan fingerprint density at radius 2 is 2.00 bits per heavy atom. The first kappa shape index (κ1) is 13.4. The van der Waals surface area contributed by atoms with Gasteiger partial charge in [0.1, 0.15) is 0 Å². The third-order valence-electron chi connectivity index (χ3n) is 2.23. The molecule has 0 saturated heterocycles. The van der Waals surface area contributed by atoms with Crippen LogP contribution in [0.15, 0.2) is 0 Å². The molecule has 3 N–H and O–H groups in total. The zero-order valence-corrected chi connectivity index (χ0v) is 9.71. The van der Waals surface area contributed by atoms with Crippen molar-refractivity contribution in [3.05, 3.63) is 0 Å². The number of hydrogen-bond donors (Lipinski definition) is 2. The van der Waals surface area contributed by atoms with Gasteiger partial charge in [-0.1, -0.05) is 0 Å². The van der Waals surface area contributed by atoms with E-state index < -0.39 is 0 Å². The Bertz CT molecular complexity index is 171. The van der Waals surface area contributed by atoms with Crippen LogP contribution in [0.5, 0.6) is 0 Å². The van der Waals surface area contributed by atoms with Gasteiger partial charge < -0.3 is 16.0 Å². The van der Waals surface area contributed by atoms with Crippen LogP contribution in [0.1, 0.15) is 27.2 Å². The molecule has 0 aliphatic heterocycles. The molecule has 0 heterocycles. The molecule has 0 radical (unpaired) electrons. The zero-order chi connectivity index (χ0) is 11.1. The van der Waals surface area contributed by atoms with Gasteiger partial charge in [-0.25, -0.2) is 0 Å². The normalized spacial score (nSPS) is 13.4. The third-order valence-corrected chi connectivity index (χ3v) is 2.23. The summed E-state index contributed by atoms with van der Waals surface area (Å²) in [4.78, 5) is 13.4. The second kappa shape index (κ2) is 6.79. The average Bonchev–Trinajstić information content (AvgIpc) is 2.11. The summed E-state index contributed by atoms with van der Waals surface area (Å²) in [6.45, 7) is 7.37. The molecule has 0 aromatic carbocycles. The lowest BCUT2D eigenvalue weighted by Gasteiger charge is -2.23. The highest BCUT2D eigenvalue weighted by atomic mass is 16.1. The molecule has 1 amide bonds. The molecule has 1 atom stereocenters. The van der Waals surface area contributed by atoms with Crippen LogP contribution in [0.3, 0.4) is 0 Å². The Hall–Kier alpha value is -0.610. The molecule has 0 aromatic rings. The van der Waals surface area contributed by atoms with E-state index in [2.05, 4.69) is 17.1 Å². The van der Waals surface area contributed by atoms with Crippen LogP contribution in [-0.4, -0.2) is 43.0 Å². The van der Waals surface area contributed by atoms with Gasteiger partial charge in [0, 0.05) is 31.6 Å². The maximum Gasteiger partial charge on any atom is 0.221 e. The van der Waals surface area contributed by atoms with Crippen molar-refractivity contribution in [1.29, 1.82) is 0 Å². The van der Waals surface area contributed by atoms with Crippen molar-refractivity contribution in [1.82, 2.24) is 10.2 Å². The molecule has 0 saturated carbocycles. The SMILES string of the molecule is CC(C)NC(=O)CCN(C)C(C)CN. The van der Waals surface area contributed by atoms with Gasteiger partial charge in [0.25, 0.3) is 0 Å². The number of likely N-dealkylation sites (N-methyl/N-ethyl adjacent to an activating group) is 1. The van der Waals surface area contributed by atoms with Crippen LogP contribution in [0.2, 0.25) is 0 Å². The van der Waals surface area contributed by atoms with Gasteiger partial charge in [0.05, 0.1) is 0 Å². The fourth-order valence-corrected chi connectivity index (χ4v) is 1.07. The molecular weight excluding hydrogens is 178 g/mol. The second-order valence-electron chi connectivity index (χ2n) is 4.04. The summed E-state index contributed by atoms with van der Waals surface area (Å²) >= 11 is 0. The number of nitrogens with two attached hydrogens (primary N) is 1. The van der Waals surface area contributed by atoms with Gasteiger partial charge in [-0.05, 0) is 27.8 Å². The Labute approximate surface area is 86.8 Å². The molecular formula is C10H23N3O. The van der Waals surface area contributed by atoms with Crippen LogP contribution in [0, 0.1) is 0 Å². The predicted octanol–water partition coefficient (Wildman–Crippen LogP) is 0.180. The van der Waals surface area contributed by atoms with E-state index in [-0.39, 0.29) is 11.9 Å². The molecule has 0 aliphatic rings. The molecule has 0 bridgehead atoms. The Kier molecular flexibility index (Phi) is 6.49. The zero-order valence-electron chi connectivity index (χ0n) is 9.71. The fraction of sp³-hybridized carbons (Fsp3) is 0.900. The van der Waals surface area contributed by atoms with Crippen molar-refractivity contribution in [3.63, 3.8) is 0 Å². The number of hydrogen-bond acceptors (Lipinski definition) is 3. The van der Waals surface area contributed by atoms with Gasteiger partial charge in [-0.2, -0.15) is 0 Å². The van der Waals surface area contributed by atoms with Crippen LogP contribution < -0.4 is 11.1 Å². The number of nitrogens with one attached hydrogen (secondary N) is 1. The molecule has 84 valence electrons. The van der Waals surface area contributed by atoms with Crippen molar-refractivity contribution >= 4 is 5.91 Å². The smallest absolute Gasteiger partial charge is 0.221 e. The molecule has 0 aromatic heterocycles. The second-order valence-corrected chi connectivity index (χ2v) is 4.04. The van der Waals surface area contributed by atoms with Crippen LogP contribution in [0.25, 0.3) is 0 Å². The number of carbonyl (C=O) groups excluding carboxylic acids is 1. The van der Waals surface area contributed by atoms with Crippen molar-refractivity contribution in [2.75, 3.05) is 20.1 Å². The van der Waals surface area contributed by atoms with E-state index in [4.69, 9.17) is 5.73 Å². The molecule has 1 unspecified atom stereocenters. The lowest BCUT2D eigenvalue weighted by Crippen LogP contribution is -2.38. The first-order valence-corrected chi connectivity index (χ1v) is 5.17. The van der Waals surface area contributed by atoms with E-state index in [1.165, 1.54) is 0 Å². The maximum atomic E-state index is 11.3. The molecule has 0 aliphatic carbocycles. The molecule has 0 fully saturated rings. The van der Waals surface area contributed by atoms with Crippen molar-refractivity contribution in [2.45, 2.75) is 39.3 Å². The highest BCUT2D eigenvalue weighted by Gasteiger charge is 2.09. The standard InChI is InChI=1S/C10H23N3O/c1-8(2)12-10(14)5-6-13(4)9(3)7-11/h8-9H,5-7,11H2,1-4H3,(H,12,14). The van der Waals surface area contributed by atoms with E-state index in [1.807, 2.05) is 20.9 Å². The van der Waals surface area contributed by atoms with Gasteiger partial charge >= 0.3 is 0 Å². The highest BCUT2D eigenvalue weighted by molar-refractivity contribution is 5.76. The predicted molar refractivity (Wildman–Crippen MR) is 59.0 cm³/mol. The van der Waals surface area contributed by atoms with Crippen LogP contribution >= 0.6 is 0 Å². The van der Waals surface area contributed by atoms with E-state index in [0.29, 0.717) is 19.0 Å². The van der Waals surface area contributed by atoms with Gasteiger partial charge in [-0.3, -0.25) is 4.79 Å². The first-order valence-electron chi connectivity index (χ1n) is 5.17. The minimum atomic E-state index is 0.107. The number of nitrogens with zero attached hydrogens (tertiary/aromatic N) is 1.